The normalized spacial score (nSPS) is 27.8. The number of fused-ring (bicyclic) bond motifs is 11. The smallest absolute Gasteiger partial charge is 0.162 e. The topological polar surface area (TPSA) is 51.1 Å². The van der Waals surface area contributed by atoms with Crippen molar-refractivity contribution in [1.82, 2.24) is 9.97 Å². The molecule has 0 bridgehead atoms. The van der Waals surface area contributed by atoms with Crippen molar-refractivity contribution in [2.45, 2.75) is 38.0 Å². The van der Waals surface area contributed by atoms with Crippen molar-refractivity contribution in [2.75, 3.05) is 26.8 Å². The number of hydrogen-bond acceptors (Lipinski definition) is 7. The summed E-state index contributed by atoms with van der Waals surface area (Å²) in [6.45, 7) is 4.87. The van der Waals surface area contributed by atoms with E-state index in [9.17, 15) is 0 Å². The number of anilines is 5. The number of hydrogen-bond donors (Lipinski definition) is 0. The van der Waals surface area contributed by atoms with Crippen molar-refractivity contribution in [3.05, 3.63) is 144 Å². The predicted octanol–water partition coefficient (Wildman–Crippen LogP) is 7.55. The molecule has 0 saturated heterocycles. The Balaban J connectivity index is 1.28. The van der Waals surface area contributed by atoms with Crippen LogP contribution in [-0.2, 0) is 5.41 Å². The van der Waals surface area contributed by atoms with Crippen molar-refractivity contribution in [3.63, 3.8) is 0 Å². The maximum atomic E-state index is 5.51. The van der Waals surface area contributed by atoms with Gasteiger partial charge < -0.3 is 14.7 Å². The SMILES string of the molecule is CCC12/C(=C3/c4ccccc4N4c5cncnc5N(C)C34)C1(C)c1ccccc1N1N=C(c3ccccc3)N(c3ccccc3)C12. The summed E-state index contributed by atoms with van der Waals surface area (Å²) >= 11 is 0. The summed E-state index contributed by atoms with van der Waals surface area (Å²) in [5, 5.41) is 7.85. The molecule has 4 aliphatic heterocycles. The Hall–Kier alpha value is -5.43. The average Bonchev–Trinajstić information content (AvgIpc) is 3.43. The number of aromatic nitrogens is 2. The Morgan fingerprint density at radius 3 is 2.24 bits per heavy atom. The van der Waals surface area contributed by atoms with Crippen molar-refractivity contribution in [3.8, 4) is 0 Å². The molecule has 4 aromatic carbocycles. The fourth-order valence-corrected chi connectivity index (χ4v) is 9.46. The van der Waals surface area contributed by atoms with Crippen molar-refractivity contribution >= 4 is 40.0 Å². The summed E-state index contributed by atoms with van der Waals surface area (Å²) in [7, 11) is 2.18. The molecule has 4 unspecified atom stereocenters. The van der Waals surface area contributed by atoms with Gasteiger partial charge in [0.25, 0.3) is 0 Å². The van der Waals surface area contributed by atoms with Crippen LogP contribution in [-0.4, -0.2) is 35.2 Å². The molecule has 0 N–H and O–H groups in total. The Morgan fingerprint density at radius 2 is 1.46 bits per heavy atom. The Kier molecular flexibility index (Phi) is 4.97. The largest absolute Gasteiger partial charge is 0.333 e. The van der Waals surface area contributed by atoms with E-state index in [-0.39, 0.29) is 23.2 Å². The standard InChI is InChI=1S/C39H33N7/c1-4-39-33(32-27-19-11-13-21-29(27)45-31-23-40-24-41-35(31)43(3)36(32)45)38(39,2)28-20-12-14-22-30(28)46-37(39)44(26-17-9-6-10-18-26)34(42-46)25-15-7-5-8-16-25/h5-24,36-37H,4H2,1-3H3/b33-32-. The van der Waals surface area contributed by atoms with E-state index < -0.39 is 0 Å². The second kappa shape index (κ2) is 8.85. The van der Waals surface area contributed by atoms with Crippen LogP contribution >= 0.6 is 0 Å². The van der Waals surface area contributed by atoms with E-state index in [1.165, 1.54) is 33.6 Å². The van der Waals surface area contributed by atoms with Crippen molar-refractivity contribution in [2.24, 2.45) is 10.5 Å². The highest BCUT2D eigenvalue weighted by Gasteiger charge is 2.80. The van der Waals surface area contributed by atoms with Crippen LogP contribution < -0.4 is 19.7 Å². The number of amidine groups is 1. The van der Waals surface area contributed by atoms with E-state index in [1.807, 2.05) is 6.20 Å². The number of nitrogens with zero attached hydrogens (tertiary/aromatic N) is 7. The van der Waals surface area contributed by atoms with Gasteiger partial charge in [0, 0.05) is 40.3 Å². The van der Waals surface area contributed by atoms with E-state index in [2.05, 4.69) is 155 Å². The lowest BCUT2D eigenvalue weighted by atomic mass is 9.79. The van der Waals surface area contributed by atoms with Crippen LogP contribution in [0.1, 0.15) is 37.0 Å². The van der Waals surface area contributed by atoms with Crippen LogP contribution in [0.15, 0.2) is 132 Å². The van der Waals surface area contributed by atoms with E-state index >= 15 is 0 Å². The van der Waals surface area contributed by atoms with Gasteiger partial charge in [0.2, 0.25) is 0 Å². The van der Waals surface area contributed by atoms with Gasteiger partial charge in [0.1, 0.15) is 24.3 Å². The van der Waals surface area contributed by atoms with Crippen LogP contribution in [0.2, 0.25) is 0 Å². The number of rotatable bonds is 3. The molecule has 1 aromatic heterocycles. The van der Waals surface area contributed by atoms with Crippen molar-refractivity contribution < 1.29 is 0 Å². The highest BCUT2D eigenvalue weighted by molar-refractivity contribution is 6.14. The van der Waals surface area contributed by atoms with Gasteiger partial charge in [-0.1, -0.05) is 98.8 Å². The minimum absolute atomic E-state index is 0.00773. The number of para-hydroxylation sites is 3. The quantitative estimate of drug-likeness (QED) is 0.213. The molecule has 7 nitrogen and oxygen atoms in total. The molecule has 4 atom stereocenters. The Bertz CT molecular complexity index is 2130. The fourth-order valence-electron chi connectivity index (χ4n) is 9.46. The minimum atomic E-state index is -0.225. The van der Waals surface area contributed by atoms with Gasteiger partial charge in [-0.15, -0.1) is 0 Å². The molecule has 0 amide bonds. The summed E-state index contributed by atoms with van der Waals surface area (Å²) in [6.07, 6.45) is 4.53. The monoisotopic (exact) mass is 599 g/mol. The van der Waals surface area contributed by atoms with Crippen LogP contribution in [0.5, 0.6) is 0 Å². The second-order valence-corrected chi connectivity index (χ2v) is 13.1. The molecule has 5 heterocycles. The molecule has 5 aromatic rings. The fraction of sp³-hybridized carbons (Fsp3) is 0.205. The summed E-state index contributed by atoms with van der Waals surface area (Å²) in [4.78, 5) is 16.5. The lowest BCUT2D eigenvalue weighted by Crippen LogP contribution is -2.53. The zero-order valence-electron chi connectivity index (χ0n) is 26.0. The molecule has 1 fully saturated rings. The zero-order chi connectivity index (χ0) is 30.8. The first-order chi connectivity index (χ1) is 22.6. The van der Waals surface area contributed by atoms with Gasteiger partial charge in [0.05, 0.1) is 17.6 Å². The third-order valence-electron chi connectivity index (χ3n) is 11.3. The lowest BCUT2D eigenvalue weighted by molar-refractivity contribution is 0.325. The third kappa shape index (κ3) is 2.88. The van der Waals surface area contributed by atoms with Crippen LogP contribution in [0.4, 0.5) is 28.6 Å². The molecule has 1 saturated carbocycles. The maximum Gasteiger partial charge on any atom is 0.162 e. The summed E-state index contributed by atoms with van der Waals surface area (Å²) < 4.78 is 0. The molecule has 1 aliphatic carbocycles. The van der Waals surface area contributed by atoms with Crippen LogP contribution in [0.25, 0.3) is 5.57 Å². The summed E-state index contributed by atoms with van der Waals surface area (Å²) in [6, 6.07) is 39.3. The minimum Gasteiger partial charge on any atom is -0.333 e. The Morgan fingerprint density at radius 1 is 0.761 bits per heavy atom. The first-order valence-corrected chi connectivity index (χ1v) is 16.1. The first kappa shape index (κ1) is 25.9. The second-order valence-electron chi connectivity index (χ2n) is 13.1. The molecule has 224 valence electrons. The molecule has 0 spiro atoms. The van der Waals surface area contributed by atoms with Gasteiger partial charge in [0.15, 0.2) is 11.7 Å². The van der Waals surface area contributed by atoms with Crippen LogP contribution in [0.3, 0.4) is 0 Å². The van der Waals surface area contributed by atoms with Crippen molar-refractivity contribution in [1.29, 1.82) is 0 Å². The molecule has 46 heavy (non-hydrogen) atoms. The summed E-state index contributed by atoms with van der Waals surface area (Å²) in [5.74, 6) is 1.95. The van der Waals surface area contributed by atoms with Gasteiger partial charge in [-0.05, 0) is 41.8 Å². The van der Waals surface area contributed by atoms with E-state index in [0.29, 0.717) is 0 Å². The highest BCUT2D eigenvalue weighted by Crippen LogP contribution is 2.80. The zero-order valence-corrected chi connectivity index (χ0v) is 26.0. The number of likely N-dealkylation sites (N-methyl/N-ethyl adjacent to an activating group) is 1. The van der Waals surface area contributed by atoms with Gasteiger partial charge in [-0.3, -0.25) is 0 Å². The Labute approximate surface area is 268 Å². The number of hydrazone groups is 1. The van der Waals surface area contributed by atoms with Gasteiger partial charge >= 0.3 is 0 Å². The highest BCUT2D eigenvalue weighted by atomic mass is 15.6. The molecule has 7 heteroatoms. The first-order valence-electron chi connectivity index (χ1n) is 16.1. The third-order valence-corrected chi connectivity index (χ3v) is 11.3. The molecule has 10 rings (SSSR count). The van der Waals surface area contributed by atoms with Gasteiger partial charge in [-0.2, -0.15) is 5.10 Å². The maximum absolute atomic E-state index is 5.51. The lowest BCUT2D eigenvalue weighted by Gasteiger charge is -2.43. The van der Waals surface area contributed by atoms with Crippen LogP contribution in [0, 0.1) is 5.41 Å². The van der Waals surface area contributed by atoms with E-state index in [4.69, 9.17) is 10.1 Å². The molecule has 0 radical (unpaired) electrons. The predicted molar refractivity (Wildman–Crippen MR) is 184 cm³/mol. The molecular formula is C39H33N7. The number of benzene rings is 4. The van der Waals surface area contributed by atoms with E-state index in [1.54, 1.807) is 6.33 Å². The molecular weight excluding hydrogens is 566 g/mol. The summed E-state index contributed by atoms with van der Waals surface area (Å²) in [5.41, 5.74) is 10.8. The van der Waals surface area contributed by atoms with Gasteiger partial charge in [-0.25, -0.2) is 15.0 Å². The molecule has 5 aliphatic rings. The van der Waals surface area contributed by atoms with E-state index in [0.717, 1.165) is 35.0 Å². The average molecular weight is 600 g/mol.